The van der Waals surface area contributed by atoms with Crippen LogP contribution in [0, 0.1) is 0 Å². The van der Waals surface area contributed by atoms with Crippen molar-refractivity contribution in [2.75, 3.05) is 17.3 Å². The Bertz CT molecular complexity index is 661. The zero-order valence-electron chi connectivity index (χ0n) is 9.92. The molecule has 98 valence electrons. The molecule has 0 radical (unpaired) electrons. The Morgan fingerprint density at radius 3 is 3.11 bits per heavy atom. The van der Waals surface area contributed by atoms with Crippen LogP contribution < -0.4 is 16.6 Å². The summed E-state index contributed by atoms with van der Waals surface area (Å²) in [7, 11) is 0. The third kappa shape index (κ3) is 2.46. The van der Waals surface area contributed by atoms with Gasteiger partial charge in [-0.05, 0) is 0 Å². The monoisotopic (exact) mass is 276 g/mol. The van der Waals surface area contributed by atoms with E-state index in [-0.39, 0.29) is 0 Å². The van der Waals surface area contributed by atoms with Gasteiger partial charge in [0.15, 0.2) is 5.65 Å². The van der Waals surface area contributed by atoms with Crippen LogP contribution in [0.2, 0.25) is 0 Å². The Labute approximate surface area is 112 Å². The minimum Gasteiger partial charge on any atom is -0.369 e. The van der Waals surface area contributed by atoms with E-state index < -0.39 is 0 Å². The third-order valence-electron chi connectivity index (χ3n) is 2.55. The molecular weight excluding hydrogens is 264 g/mol. The molecule has 0 aliphatic carbocycles. The maximum atomic E-state index is 5.34. The lowest BCUT2D eigenvalue weighted by Gasteiger charge is -2.07. The molecule has 9 heteroatoms. The number of rotatable bonds is 5. The van der Waals surface area contributed by atoms with Gasteiger partial charge in [0.05, 0.1) is 16.6 Å². The number of nitrogen functional groups attached to an aromatic ring is 1. The van der Waals surface area contributed by atoms with E-state index in [4.69, 9.17) is 5.84 Å². The summed E-state index contributed by atoms with van der Waals surface area (Å²) < 4.78 is 0. The van der Waals surface area contributed by atoms with Crippen LogP contribution in [0.5, 0.6) is 0 Å². The summed E-state index contributed by atoms with van der Waals surface area (Å²) in [6, 6.07) is 0. The van der Waals surface area contributed by atoms with Crippen molar-refractivity contribution in [3.05, 3.63) is 22.8 Å². The Balaban J connectivity index is 1.77. The van der Waals surface area contributed by atoms with E-state index in [1.807, 2.05) is 5.38 Å². The highest BCUT2D eigenvalue weighted by atomic mass is 32.1. The first-order valence-electron chi connectivity index (χ1n) is 5.67. The summed E-state index contributed by atoms with van der Waals surface area (Å²) in [5.41, 5.74) is 3.07. The maximum absolute atomic E-state index is 5.34. The van der Waals surface area contributed by atoms with Crippen LogP contribution in [0.1, 0.15) is 5.01 Å². The van der Waals surface area contributed by atoms with Gasteiger partial charge in [-0.2, -0.15) is 15.1 Å². The Hall–Kier alpha value is -2.26. The molecule has 5 N–H and O–H groups in total. The maximum Gasteiger partial charge on any atom is 0.241 e. The number of hydrazine groups is 1. The van der Waals surface area contributed by atoms with E-state index >= 15 is 0 Å². The molecule has 0 atom stereocenters. The number of hydrogen-bond acceptors (Lipinski definition) is 8. The van der Waals surface area contributed by atoms with Crippen LogP contribution in [0.25, 0.3) is 11.0 Å². The Morgan fingerprint density at radius 1 is 1.37 bits per heavy atom. The highest BCUT2D eigenvalue weighted by molar-refractivity contribution is 7.09. The number of thiazole rings is 1. The van der Waals surface area contributed by atoms with Gasteiger partial charge in [-0.1, -0.05) is 0 Å². The molecular formula is C10H12N8S. The number of H-pyrrole nitrogens is 1. The van der Waals surface area contributed by atoms with Crippen molar-refractivity contribution in [2.24, 2.45) is 5.84 Å². The molecule has 0 amide bonds. The van der Waals surface area contributed by atoms with Gasteiger partial charge in [-0.15, -0.1) is 11.3 Å². The zero-order valence-corrected chi connectivity index (χ0v) is 10.7. The topological polar surface area (TPSA) is 117 Å². The first-order chi connectivity index (χ1) is 9.36. The molecule has 3 aromatic heterocycles. The van der Waals surface area contributed by atoms with Crippen molar-refractivity contribution < 1.29 is 0 Å². The fourth-order valence-corrected chi connectivity index (χ4v) is 2.32. The van der Waals surface area contributed by atoms with E-state index in [0.717, 1.165) is 23.4 Å². The van der Waals surface area contributed by atoms with E-state index in [0.29, 0.717) is 17.4 Å². The third-order valence-corrected chi connectivity index (χ3v) is 3.39. The molecule has 0 fully saturated rings. The summed E-state index contributed by atoms with van der Waals surface area (Å²) in [5, 5.41) is 13.9. The van der Waals surface area contributed by atoms with Crippen molar-refractivity contribution in [1.82, 2.24) is 25.1 Å². The van der Waals surface area contributed by atoms with Crippen LogP contribution in [0.3, 0.4) is 0 Å². The molecule has 0 bridgehead atoms. The molecule has 0 saturated heterocycles. The number of aromatic nitrogens is 5. The molecule has 8 nitrogen and oxygen atoms in total. The molecule has 0 unspecified atom stereocenters. The molecule has 0 spiro atoms. The fourth-order valence-electron chi connectivity index (χ4n) is 1.70. The van der Waals surface area contributed by atoms with Crippen molar-refractivity contribution in [1.29, 1.82) is 0 Å². The van der Waals surface area contributed by atoms with Gasteiger partial charge < -0.3 is 5.32 Å². The van der Waals surface area contributed by atoms with Gasteiger partial charge >= 0.3 is 0 Å². The SMILES string of the molecule is NNc1nc(NCCc2nccs2)c2cn[nH]c2n1. The molecule has 0 aromatic carbocycles. The minimum absolute atomic E-state index is 0.341. The summed E-state index contributed by atoms with van der Waals surface area (Å²) in [4.78, 5) is 12.7. The molecule has 3 aromatic rings. The van der Waals surface area contributed by atoms with Crippen LogP contribution in [0.4, 0.5) is 11.8 Å². The summed E-state index contributed by atoms with van der Waals surface area (Å²) in [5.74, 6) is 6.38. The fraction of sp³-hybridized carbons (Fsp3) is 0.200. The van der Waals surface area contributed by atoms with Gasteiger partial charge in [0.25, 0.3) is 0 Å². The number of fused-ring (bicyclic) bond motifs is 1. The first-order valence-corrected chi connectivity index (χ1v) is 6.55. The van der Waals surface area contributed by atoms with Crippen LogP contribution in [0.15, 0.2) is 17.8 Å². The average molecular weight is 276 g/mol. The molecule has 0 aliphatic heterocycles. The van der Waals surface area contributed by atoms with Crippen molar-refractivity contribution in [3.8, 4) is 0 Å². The highest BCUT2D eigenvalue weighted by Crippen LogP contribution is 2.19. The first kappa shape index (κ1) is 11.8. The lowest BCUT2D eigenvalue weighted by molar-refractivity contribution is 0.986. The van der Waals surface area contributed by atoms with Crippen LogP contribution in [-0.4, -0.2) is 31.7 Å². The van der Waals surface area contributed by atoms with Crippen LogP contribution >= 0.6 is 11.3 Å². The van der Waals surface area contributed by atoms with E-state index in [1.54, 1.807) is 23.7 Å². The van der Waals surface area contributed by atoms with E-state index in [9.17, 15) is 0 Å². The normalized spacial score (nSPS) is 10.8. The molecule has 0 saturated carbocycles. The predicted octanol–water partition coefficient (Wildman–Crippen LogP) is 0.750. The molecule has 3 heterocycles. The Kier molecular flexibility index (Phi) is 3.21. The summed E-state index contributed by atoms with van der Waals surface area (Å²) in [6.45, 7) is 0.731. The minimum atomic E-state index is 0.341. The number of nitrogens with two attached hydrogens (primary N) is 1. The van der Waals surface area contributed by atoms with Gasteiger partial charge in [-0.3, -0.25) is 10.5 Å². The standard InChI is InChI=1S/C10H12N8S/c11-17-10-15-8(6-5-14-18-9(6)16-10)13-2-1-7-12-3-4-19-7/h3-5H,1-2,11H2,(H3,13,14,15,16,17,18). The lowest BCUT2D eigenvalue weighted by atomic mass is 10.3. The predicted molar refractivity (Wildman–Crippen MR) is 73.8 cm³/mol. The molecule has 19 heavy (non-hydrogen) atoms. The van der Waals surface area contributed by atoms with Gasteiger partial charge in [0.2, 0.25) is 5.95 Å². The van der Waals surface area contributed by atoms with Gasteiger partial charge in [-0.25, -0.2) is 10.8 Å². The lowest BCUT2D eigenvalue weighted by Crippen LogP contribution is -2.13. The largest absolute Gasteiger partial charge is 0.369 e. The second-order valence-electron chi connectivity index (χ2n) is 3.78. The average Bonchev–Trinajstić information content (AvgIpc) is 3.08. The summed E-state index contributed by atoms with van der Waals surface area (Å²) in [6.07, 6.45) is 4.32. The number of anilines is 2. The second-order valence-corrected chi connectivity index (χ2v) is 4.75. The Morgan fingerprint density at radius 2 is 2.32 bits per heavy atom. The van der Waals surface area contributed by atoms with Crippen LogP contribution in [-0.2, 0) is 6.42 Å². The van der Waals surface area contributed by atoms with E-state index in [2.05, 4.69) is 35.9 Å². The van der Waals surface area contributed by atoms with E-state index in [1.165, 1.54) is 0 Å². The van der Waals surface area contributed by atoms with Crippen molar-refractivity contribution >= 4 is 34.1 Å². The molecule has 3 rings (SSSR count). The van der Waals surface area contributed by atoms with Crippen molar-refractivity contribution in [2.45, 2.75) is 6.42 Å². The number of aromatic amines is 1. The number of nitrogens with zero attached hydrogens (tertiary/aromatic N) is 4. The van der Waals surface area contributed by atoms with Gasteiger partial charge in [0, 0.05) is 24.5 Å². The smallest absolute Gasteiger partial charge is 0.241 e. The molecule has 0 aliphatic rings. The van der Waals surface area contributed by atoms with Crippen molar-refractivity contribution in [3.63, 3.8) is 0 Å². The number of hydrogen-bond donors (Lipinski definition) is 4. The summed E-state index contributed by atoms with van der Waals surface area (Å²) >= 11 is 1.64. The second kappa shape index (κ2) is 5.16. The highest BCUT2D eigenvalue weighted by Gasteiger charge is 2.08. The number of nitrogens with one attached hydrogen (secondary N) is 3. The quantitative estimate of drug-likeness (QED) is 0.401. The van der Waals surface area contributed by atoms with Gasteiger partial charge in [0.1, 0.15) is 5.82 Å². The zero-order chi connectivity index (χ0) is 13.1.